The van der Waals surface area contributed by atoms with Gasteiger partial charge in [0.15, 0.2) is 0 Å². The second kappa shape index (κ2) is 8.58. The lowest BCUT2D eigenvalue weighted by Crippen LogP contribution is -2.51. The van der Waals surface area contributed by atoms with Gasteiger partial charge in [0.2, 0.25) is 5.95 Å². The summed E-state index contributed by atoms with van der Waals surface area (Å²) in [5, 5.41) is 10.9. The topological polar surface area (TPSA) is 90.0 Å². The molecule has 0 saturated carbocycles. The third-order valence-corrected chi connectivity index (χ3v) is 5.71. The Labute approximate surface area is 165 Å². The summed E-state index contributed by atoms with van der Waals surface area (Å²) in [4.78, 5) is 25.3. The molecule has 3 heterocycles. The molecule has 1 saturated heterocycles. The molecule has 1 aliphatic carbocycles. The van der Waals surface area contributed by atoms with Crippen LogP contribution >= 0.6 is 0 Å². The fraction of sp³-hybridized carbons (Fsp3) is 0.600. The molecule has 1 aliphatic heterocycles. The number of fused-ring (bicyclic) bond motifs is 1. The number of anilines is 1. The number of amides is 2. The van der Waals surface area contributed by atoms with Crippen molar-refractivity contribution in [1.29, 1.82) is 0 Å². The highest BCUT2D eigenvalue weighted by Gasteiger charge is 2.25. The number of aromatic nitrogens is 4. The fourth-order valence-electron chi connectivity index (χ4n) is 4.17. The predicted molar refractivity (Wildman–Crippen MR) is 107 cm³/mol. The largest absolute Gasteiger partial charge is 0.339 e. The van der Waals surface area contributed by atoms with Crippen molar-refractivity contribution >= 4 is 12.0 Å². The summed E-state index contributed by atoms with van der Waals surface area (Å²) in [6.45, 7) is 2.20. The van der Waals surface area contributed by atoms with Crippen LogP contribution in [0, 0.1) is 0 Å². The Morgan fingerprint density at radius 3 is 2.93 bits per heavy atom. The van der Waals surface area contributed by atoms with E-state index in [0.29, 0.717) is 6.54 Å². The number of H-pyrrole nitrogens is 1. The van der Waals surface area contributed by atoms with Gasteiger partial charge in [0.25, 0.3) is 0 Å². The van der Waals surface area contributed by atoms with Crippen LogP contribution < -0.4 is 10.2 Å². The van der Waals surface area contributed by atoms with E-state index in [0.717, 1.165) is 50.4 Å². The molecule has 8 heteroatoms. The van der Waals surface area contributed by atoms with Crippen molar-refractivity contribution in [2.75, 3.05) is 25.0 Å². The van der Waals surface area contributed by atoms with Crippen molar-refractivity contribution in [3.8, 4) is 0 Å². The van der Waals surface area contributed by atoms with Gasteiger partial charge in [0.05, 0.1) is 12.2 Å². The zero-order chi connectivity index (χ0) is 19.3. The number of nitrogens with zero attached hydrogens (tertiary/aromatic N) is 5. The second-order valence-electron chi connectivity index (χ2n) is 7.83. The molecule has 8 nitrogen and oxygen atoms in total. The lowest BCUT2D eigenvalue weighted by atomic mass is 10.1. The standard InChI is InChI=1S/C20H29N7O/c1-26(14-18-16-8-3-2-4-9-17(16)24-25-18)20(28)23-15-7-5-12-27(13-15)19-21-10-6-11-22-19/h6,10-11,15H,2-5,7-9,12-14H2,1H3,(H,23,28)(H,24,25). The van der Waals surface area contributed by atoms with Gasteiger partial charge >= 0.3 is 6.03 Å². The van der Waals surface area contributed by atoms with Crippen LogP contribution in [0.1, 0.15) is 49.1 Å². The van der Waals surface area contributed by atoms with E-state index in [9.17, 15) is 4.79 Å². The van der Waals surface area contributed by atoms with Gasteiger partial charge in [0, 0.05) is 44.3 Å². The van der Waals surface area contributed by atoms with Crippen molar-refractivity contribution in [3.05, 3.63) is 35.4 Å². The molecule has 28 heavy (non-hydrogen) atoms. The molecule has 0 radical (unpaired) electrons. The van der Waals surface area contributed by atoms with E-state index in [1.807, 2.05) is 13.1 Å². The molecule has 0 spiro atoms. The first-order valence-corrected chi connectivity index (χ1v) is 10.3. The van der Waals surface area contributed by atoms with Gasteiger partial charge in [-0.1, -0.05) is 6.42 Å². The number of aromatic amines is 1. The Morgan fingerprint density at radius 2 is 2.07 bits per heavy atom. The summed E-state index contributed by atoms with van der Waals surface area (Å²) in [5.41, 5.74) is 3.59. The van der Waals surface area contributed by atoms with Gasteiger partial charge in [-0.3, -0.25) is 5.10 Å². The first kappa shape index (κ1) is 18.7. The summed E-state index contributed by atoms with van der Waals surface area (Å²) >= 11 is 0. The van der Waals surface area contributed by atoms with Crippen LogP contribution in [-0.4, -0.2) is 57.3 Å². The third-order valence-electron chi connectivity index (χ3n) is 5.71. The number of hydrogen-bond acceptors (Lipinski definition) is 5. The van der Waals surface area contributed by atoms with E-state index in [-0.39, 0.29) is 12.1 Å². The van der Waals surface area contributed by atoms with E-state index in [2.05, 4.69) is 30.4 Å². The third kappa shape index (κ3) is 4.26. The van der Waals surface area contributed by atoms with Crippen LogP contribution in [0.15, 0.2) is 18.5 Å². The molecule has 1 unspecified atom stereocenters. The smallest absolute Gasteiger partial charge is 0.317 e. The summed E-state index contributed by atoms with van der Waals surface area (Å²) in [6.07, 6.45) is 11.3. The second-order valence-corrected chi connectivity index (χ2v) is 7.83. The highest BCUT2D eigenvalue weighted by Crippen LogP contribution is 2.22. The van der Waals surface area contributed by atoms with Crippen LogP contribution in [-0.2, 0) is 19.4 Å². The summed E-state index contributed by atoms with van der Waals surface area (Å²) in [7, 11) is 1.84. The number of rotatable bonds is 4. The molecule has 2 N–H and O–H groups in total. The molecule has 2 aliphatic rings. The Balaban J connectivity index is 1.34. The Hall–Kier alpha value is -2.64. The van der Waals surface area contributed by atoms with Crippen molar-refractivity contribution in [3.63, 3.8) is 0 Å². The quantitative estimate of drug-likeness (QED) is 0.791. The average molecular weight is 384 g/mol. The highest BCUT2D eigenvalue weighted by molar-refractivity contribution is 5.74. The first-order chi connectivity index (χ1) is 13.7. The minimum atomic E-state index is -0.0498. The molecule has 2 aromatic rings. The molecular formula is C20H29N7O. The van der Waals surface area contributed by atoms with Crippen LogP contribution in [0.5, 0.6) is 0 Å². The lowest BCUT2D eigenvalue weighted by Gasteiger charge is -2.33. The van der Waals surface area contributed by atoms with Crippen molar-refractivity contribution in [2.45, 2.75) is 57.5 Å². The SMILES string of the molecule is CN(Cc1n[nH]c2c1CCCCC2)C(=O)NC1CCCN(c2ncccn2)C1. The van der Waals surface area contributed by atoms with Gasteiger partial charge in [-0.2, -0.15) is 5.10 Å². The number of nitrogens with one attached hydrogen (secondary N) is 2. The maximum absolute atomic E-state index is 12.7. The van der Waals surface area contributed by atoms with Crippen molar-refractivity contribution in [1.82, 2.24) is 30.4 Å². The van der Waals surface area contributed by atoms with Crippen LogP contribution in [0.25, 0.3) is 0 Å². The average Bonchev–Trinajstić information content (AvgIpc) is 2.95. The number of piperidine rings is 1. The summed E-state index contributed by atoms with van der Waals surface area (Å²) in [5.74, 6) is 0.731. The Morgan fingerprint density at radius 1 is 1.25 bits per heavy atom. The zero-order valence-electron chi connectivity index (χ0n) is 16.5. The first-order valence-electron chi connectivity index (χ1n) is 10.3. The highest BCUT2D eigenvalue weighted by atomic mass is 16.2. The number of urea groups is 1. The van der Waals surface area contributed by atoms with Gasteiger partial charge in [-0.15, -0.1) is 0 Å². The molecule has 1 fully saturated rings. The summed E-state index contributed by atoms with van der Waals surface area (Å²) in [6, 6.07) is 1.87. The van der Waals surface area contributed by atoms with Crippen LogP contribution in [0.3, 0.4) is 0 Å². The molecule has 0 aromatic carbocycles. The van der Waals surface area contributed by atoms with Gasteiger partial charge in [0.1, 0.15) is 0 Å². The van der Waals surface area contributed by atoms with E-state index >= 15 is 0 Å². The van der Waals surface area contributed by atoms with Gasteiger partial charge < -0.3 is 15.1 Å². The minimum Gasteiger partial charge on any atom is -0.339 e. The Kier molecular flexibility index (Phi) is 5.73. The van der Waals surface area contributed by atoms with E-state index in [1.54, 1.807) is 17.3 Å². The van der Waals surface area contributed by atoms with Crippen LogP contribution in [0.2, 0.25) is 0 Å². The van der Waals surface area contributed by atoms with E-state index < -0.39 is 0 Å². The fourth-order valence-corrected chi connectivity index (χ4v) is 4.17. The zero-order valence-corrected chi connectivity index (χ0v) is 16.5. The van der Waals surface area contributed by atoms with Gasteiger partial charge in [-0.25, -0.2) is 14.8 Å². The molecule has 2 amide bonds. The van der Waals surface area contributed by atoms with E-state index in [1.165, 1.54) is 30.5 Å². The monoisotopic (exact) mass is 383 g/mol. The van der Waals surface area contributed by atoms with Gasteiger partial charge in [-0.05, 0) is 50.2 Å². The lowest BCUT2D eigenvalue weighted by molar-refractivity contribution is 0.200. The summed E-state index contributed by atoms with van der Waals surface area (Å²) < 4.78 is 0. The molecule has 1 atom stereocenters. The molecule has 150 valence electrons. The molecule has 2 aromatic heterocycles. The molecule has 4 rings (SSSR count). The molecule has 0 bridgehead atoms. The minimum absolute atomic E-state index is 0.0498. The normalized spacial score (nSPS) is 19.6. The number of aryl methyl sites for hydroxylation is 1. The number of carbonyl (C=O) groups excluding carboxylic acids is 1. The van der Waals surface area contributed by atoms with Crippen LogP contribution in [0.4, 0.5) is 10.7 Å². The maximum Gasteiger partial charge on any atom is 0.317 e. The number of hydrogen-bond donors (Lipinski definition) is 2. The van der Waals surface area contributed by atoms with E-state index in [4.69, 9.17) is 0 Å². The number of carbonyl (C=O) groups is 1. The predicted octanol–water partition coefficient (Wildman–Crippen LogP) is 2.28. The Bertz CT molecular complexity index is 791. The molecular weight excluding hydrogens is 354 g/mol. The van der Waals surface area contributed by atoms with Crippen molar-refractivity contribution < 1.29 is 4.79 Å². The van der Waals surface area contributed by atoms with Crippen molar-refractivity contribution in [2.24, 2.45) is 0 Å². The maximum atomic E-state index is 12.7.